The van der Waals surface area contributed by atoms with Crippen molar-refractivity contribution in [2.75, 3.05) is 17.7 Å². The number of hydrogen-bond acceptors (Lipinski definition) is 6. The second kappa shape index (κ2) is 8.58. The Hall–Kier alpha value is -4.01. The fourth-order valence-electron chi connectivity index (χ4n) is 4.88. The van der Waals surface area contributed by atoms with Gasteiger partial charge in [-0.25, -0.2) is 19.3 Å². The van der Waals surface area contributed by atoms with Crippen LogP contribution in [-0.4, -0.2) is 32.8 Å². The molecule has 1 saturated carbocycles. The van der Waals surface area contributed by atoms with E-state index in [4.69, 9.17) is 27.5 Å². The van der Waals surface area contributed by atoms with Crippen molar-refractivity contribution >= 4 is 40.6 Å². The summed E-state index contributed by atoms with van der Waals surface area (Å²) in [6.07, 6.45) is 7.48. The fourth-order valence-corrected chi connectivity index (χ4v) is 5.06. The van der Waals surface area contributed by atoms with E-state index in [2.05, 4.69) is 10.3 Å². The number of aromatic nitrogens is 2. The number of amides is 1. The van der Waals surface area contributed by atoms with Gasteiger partial charge in [-0.05, 0) is 55.7 Å². The molecule has 3 aliphatic rings. The lowest BCUT2D eigenvalue weighted by Gasteiger charge is -2.23. The lowest BCUT2D eigenvalue weighted by Crippen LogP contribution is -3.12. The van der Waals surface area contributed by atoms with Crippen LogP contribution in [0.4, 0.5) is 11.4 Å². The first kappa shape index (κ1) is 22.5. The van der Waals surface area contributed by atoms with Gasteiger partial charge in [0.15, 0.2) is 12.4 Å². The number of nitrogens with two attached hydrogens (primary N) is 1. The second-order valence-corrected chi connectivity index (χ2v) is 9.71. The van der Waals surface area contributed by atoms with Crippen molar-refractivity contribution in [2.24, 2.45) is 4.99 Å². The Balaban J connectivity index is 1.25. The Labute approximate surface area is 213 Å². The summed E-state index contributed by atoms with van der Waals surface area (Å²) in [5.41, 5.74) is 11.3. The number of benzene rings is 2. The zero-order chi connectivity index (χ0) is 24.9. The van der Waals surface area contributed by atoms with Gasteiger partial charge in [0.25, 0.3) is 5.91 Å². The normalized spacial score (nSPS) is 19.7. The van der Waals surface area contributed by atoms with E-state index in [-0.39, 0.29) is 11.3 Å². The molecular formula is C27H25ClN7O+. The monoisotopic (exact) mass is 498 g/mol. The standard InChI is InChI=1S/C27H24ClN7O/c1-17-24(35-16-34(28)15-11-23(35)31-17)22-10-14-30-26(33-22)27(12-13-27)19-8-6-18(7-9-19)25(36)32-21-5-3-2-4-20(21)29/h2-11,14-15H,12-13,16,29H2,1H3,(H,32,36)/p+1. The highest BCUT2D eigenvalue weighted by Crippen LogP contribution is 2.52. The molecule has 1 aromatic heterocycles. The number of carbonyl (C=O) groups is 1. The van der Waals surface area contributed by atoms with Crippen LogP contribution in [0.2, 0.25) is 0 Å². The molecule has 0 radical (unpaired) electrons. The van der Waals surface area contributed by atoms with Crippen LogP contribution in [0.15, 0.2) is 83.8 Å². The largest absolute Gasteiger partial charge is 0.397 e. The smallest absolute Gasteiger partial charge is 0.255 e. The predicted octanol–water partition coefficient (Wildman–Crippen LogP) is 3.32. The summed E-state index contributed by atoms with van der Waals surface area (Å²) in [5, 5.41) is 2.88. The van der Waals surface area contributed by atoms with E-state index in [1.54, 1.807) is 16.6 Å². The quantitative estimate of drug-likeness (QED) is 0.370. The van der Waals surface area contributed by atoms with Crippen molar-refractivity contribution in [2.45, 2.75) is 25.2 Å². The van der Waals surface area contributed by atoms with Crippen LogP contribution >= 0.6 is 11.8 Å². The van der Waals surface area contributed by atoms with E-state index in [0.29, 0.717) is 23.6 Å². The van der Waals surface area contributed by atoms with Crippen molar-refractivity contribution < 1.29 is 9.69 Å². The predicted molar refractivity (Wildman–Crippen MR) is 140 cm³/mol. The van der Waals surface area contributed by atoms with Gasteiger partial charge in [-0.2, -0.15) is 4.99 Å². The van der Waals surface area contributed by atoms with Gasteiger partial charge in [0, 0.05) is 35.8 Å². The molecule has 180 valence electrons. The Morgan fingerprint density at radius 3 is 2.67 bits per heavy atom. The first-order chi connectivity index (χ1) is 17.4. The van der Waals surface area contributed by atoms with E-state index >= 15 is 0 Å². The summed E-state index contributed by atoms with van der Waals surface area (Å²) in [6, 6.07) is 16.8. The van der Waals surface area contributed by atoms with Crippen LogP contribution in [0.25, 0.3) is 5.70 Å². The number of amidine groups is 1. The SMILES string of the molecule is CC1=C(c2ccnc(C3(c4ccc(C(=O)Nc5ccccc5N)cc4)CC3)n2)[NH+]2CN(Cl)C=CC2=N1. The maximum absolute atomic E-state index is 12.7. The van der Waals surface area contributed by atoms with Crippen molar-refractivity contribution in [1.82, 2.24) is 14.4 Å². The third-order valence-corrected chi connectivity index (χ3v) is 7.19. The Morgan fingerprint density at radius 2 is 1.92 bits per heavy atom. The molecule has 1 amide bonds. The summed E-state index contributed by atoms with van der Waals surface area (Å²) < 4.78 is 1.63. The Morgan fingerprint density at radius 1 is 1.14 bits per heavy atom. The molecule has 3 heterocycles. The summed E-state index contributed by atoms with van der Waals surface area (Å²) in [5.74, 6) is 1.53. The molecule has 36 heavy (non-hydrogen) atoms. The van der Waals surface area contributed by atoms with Crippen molar-refractivity contribution in [3.8, 4) is 0 Å². The summed E-state index contributed by atoms with van der Waals surface area (Å²) >= 11 is 6.25. The average Bonchev–Trinajstić information content (AvgIpc) is 3.63. The lowest BCUT2D eigenvalue weighted by atomic mass is 9.93. The molecule has 4 N–H and O–H groups in total. The molecule has 2 aliphatic heterocycles. The van der Waals surface area contributed by atoms with Gasteiger partial charge in [0.1, 0.15) is 17.2 Å². The number of halogens is 1. The van der Waals surface area contributed by atoms with Crippen LogP contribution in [0.3, 0.4) is 0 Å². The van der Waals surface area contributed by atoms with Crippen LogP contribution < -0.4 is 16.0 Å². The molecule has 9 heteroatoms. The molecule has 0 spiro atoms. The number of nitrogens with one attached hydrogen (secondary N) is 2. The summed E-state index contributed by atoms with van der Waals surface area (Å²) in [6.45, 7) is 2.58. The molecule has 1 atom stereocenters. The number of quaternary nitrogens is 1. The van der Waals surface area contributed by atoms with Crippen molar-refractivity contribution in [3.05, 3.63) is 101 Å². The zero-order valence-corrected chi connectivity index (χ0v) is 20.5. The highest BCUT2D eigenvalue weighted by Gasteiger charge is 2.49. The third-order valence-electron chi connectivity index (χ3n) is 6.96. The zero-order valence-electron chi connectivity index (χ0n) is 19.7. The van der Waals surface area contributed by atoms with Crippen molar-refractivity contribution in [1.29, 1.82) is 0 Å². The number of nitrogens with zero attached hydrogens (tertiary/aromatic N) is 4. The van der Waals surface area contributed by atoms with Crippen molar-refractivity contribution in [3.63, 3.8) is 0 Å². The van der Waals surface area contributed by atoms with E-state index in [1.807, 2.05) is 67.9 Å². The van der Waals surface area contributed by atoms with E-state index in [9.17, 15) is 4.79 Å². The molecular weight excluding hydrogens is 474 g/mol. The minimum atomic E-state index is -0.249. The third kappa shape index (κ3) is 3.84. The van der Waals surface area contributed by atoms with Crippen LogP contribution in [-0.2, 0) is 5.41 Å². The minimum Gasteiger partial charge on any atom is -0.397 e. The topological polar surface area (TPSA) is 101 Å². The van der Waals surface area contributed by atoms with Gasteiger partial charge in [0.2, 0.25) is 5.84 Å². The number of para-hydroxylation sites is 2. The lowest BCUT2D eigenvalue weighted by molar-refractivity contribution is -0.732. The number of carbonyl (C=O) groups excluding carboxylic acids is 1. The molecule has 6 rings (SSSR count). The van der Waals surface area contributed by atoms with Gasteiger partial charge in [-0.1, -0.05) is 24.3 Å². The second-order valence-electron chi connectivity index (χ2n) is 9.28. The number of fused-ring (bicyclic) bond motifs is 1. The average molecular weight is 499 g/mol. The van der Waals surface area contributed by atoms with Gasteiger partial charge >= 0.3 is 0 Å². The van der Waals surface area contributed by atoms with E-state index in [0.717, 1.165) is 52.1 Å². The number of nitrogen functional groups attached to an aromatic ring is 1. The number of aliphatic imine (C=N–C) groups is 1. The molecule has 0 saturated heterocycles. The number of allylic oxidation sites excluding steroid dienone is 1. The highest BCUT2D eigenvalue weighted by molar-refractivity contribution is 6.14. The Kier molecular flexibility index (Phi) is 5.35. The van der Waals surface area contributed by atoms with Crippen LogP contribution in [0, 0.1) is 0 Å². The molecule has 0 bridgehead atoms. The molecule has 8 nitrogen and oxygen atoms in total. The first-order valence-corrected chi connectivity index (χ1v) is 12.2. The first-order valence-electron chi connectivity index (χ1n) is 11.8. The molecule has 1 fully saturated rings. The molecule has 3 aromatic rings. The van der Waals surface area contributed by atoms with E-state index in [1.165, 1.54) is 0 Å². The van der Waals surface area contributed by atoms with Gasteiger partial charge in [-0.3, -0.25) is 4.79 Å². The fraction of sp³-hybridized carbons (Fsp3) is 0.185. The molecule has 2 aromatic carbocycles. The number of anilines is 2. The number of rotatable bonds is 5. The van der Waals surface area contributed by atoms with Gasteiger partial charge in [0.05, 0.1) is 16.8 Å². The summed E-state index contributed by atoms with van der Waals surface area (Å²) in [7, 11) is 0. The number of hydrogen-bond donors (Lipinski definition) is 3. The van der Waals surface area contributed by atoms with E-state index < -0.39 is 0 Å². The van der Waals surface area contributed by atoms with Crippen LogP contribution in [0.1, 0.15) is 47.2 Å². The highest BCUT2D eigenvalue weighted by atomic mass is 35.5. The van der Waals surface area contributed by atoms with Crippen LogP contribution in [0.5, 0.6) is 0 Å². The maximum Gasteiger partial charge on any atom is 0.255 e. The maximum atomic E-state index is 12.7. The molecule has 1 aliphatic carbocycles. The minimum absolute atomic E-state index is 0.200. The molecule has 1 unspecified atom stereocenters. The van der Waals surface area contributed by atoms with Gasteiger partial charge < -0.3 is 11.1 Å². The summed E-state index contributed by atoms with van der Waals surface area (Å²) in [4.78, 5) is 28.2. The van der Waals surface area contributed by atoms with Gasteiger partial charge in [-0.15, -0.1) is 0 Å². The Bertz CT molecular complexity index is 1460.